The number of hydrogen-bond donors (Lipinski definition) is 1. The zero-order chi connectivity index (χ0) is 21.0. The molecule has 3 rings (SSSR count). The summed E-state index contributed by atoms with van der Waals surface area (Å²) in [6.07, 6.45) is 0.564. The Kier molecular flexibility index (Phi) is 7.21. The Bertz CT molecular complexity index is 927. The Hall–Kier alpha value is -2.03. The number of thiophene rings is 1. The molecule has 2 aromatic rings. The summed E-state index contributed by atoms with van der Waals surface area (Å²) < 4.78 is 5.21. The van der Waals surface area contributed by atoms with Crippen molar-refractivity contribution in [1.29, 1.82) is 0 Å². The molecular weight excluding hydrogens is 432 g/mol. The van der Waals surface area contributed by atoms with Crippen LogP contribution < -0.4 is 5.32 Å². The van der Waals surface area contributed by atoms with E-state index in [-0.39, 0.29) is 24.2 Å². The van der Waals surface area contributed by atoms with Crippen LogP contribution in [0.25, 0.3) is 0 Å². The molecular formula is C20H21ClN2O4S2. The number of ether oxygens (including phenoxy) is 1. The van der Waals surface area contributed by atoms with E-state index in [9.17, 15) is 14.4 Å². The van der Waals surface area contributed by atoms with Gasteiger partial charge in [-0.1, -0.05) is 11.6 Å². The van der Waals surface area contributed by atoms with Crippen LogP contribution in [0.4, 0.5) is 5.00 Å². The van der Waals surface area contributed by atoms with Crippen molar-refractivity contribution >= 4 is 57.5 Å². The maximum Gasteiger partial charge on any atom is 0.341 e. The molecule has 0 spiro atoms. The van der Waals surface area contributed by atoms with Crippen molar-refractivity contribution in [1.82, 2.24) is 4.90 Å². The first-order valence-electron chi connectivity index (χ1n) is 9.14. The second-order valence-corrected chi connectivity index (χ2v) is 9.00. The van der Waals surface area contributed by atoms with E-state index in [1.807, 2.05) is 12.1 Å². The monoisotopic (exact) mass is 452 g/mol. The molecule has 2 amide bonds. The average molecular weight is 453 g/mol. The SMILES string of the molecule is CCOC(=O)c1c(NC(=O)CSc2ccc(Cl)cc2)sc2c1CCN(C(C)=O)C2. The van der Waals surface area contributed by atoms with Crippen LogP contribution in [0.2, 0.25) is 5.02 Å². The van der Waals surface area contributed by atoms with Gasteiger partial charge in [0.2, 0.25) is 11.8 Å². The molecule has 1 N–H and O–H groups in total. The van der Waals surface area contributed by atoms with Crippen LogP contribution in [0.15, 0.2) is 29.2 Å². The molecule has 0 saturated carbocycles. The van der Waals surface area contributed by atoms with Gasteiger partial charge >= 0.3 is 5.97 Å². The van der Waals surface area contributed by atoms with Gasteiger partial charge in [-0.2, -0.15) is 0 Å². The van der Waals surface area contributed by atoms with Crippen LogP contribution in [-0.4, -0.2) is 41.6 Å². The standard InChI is InChI=1S/C20H21ClN2O4S2/c1-3-27-20(26)18-15-8-9-23(12(2)24)10-16(15)29-19(18)22-17(25)11-28-14-6-4-13(21)5-7-14/h4-7H,3,8-11H2,1-2H3,(H,22,25). The number of carbonyl (C=O) groups is 3. The minimum absolute atomic E-state index is 0.00770. The lowest BCUT2D eigenvalue weighted by molar-refractivity contribution is -0.129. The number of amides is 2. The molecule has 0 aliphatic carbocycles. The molecule has 0 bridgehead atoms. The van der Waals surface area contributed by atoms with Crippen molar-refractivity contribution < 1.29 is 19.1 Å². The lowest BCUT2D eigenvalue weighted by Crippen LogP contribution is -2.34. The number of nitrogens with one attached hydrogen (secondary N) is 1. The van der Waals surface area contributed by atoms with Crippen molar-refractivity contribution in [3.63, 3.8) is 0 Å². The number of esters is 1. The third-order valence-corrected chi connectivity index (χ3v) is 6.81. The molecule has 1 aromatic heterocycles. The van der Waals surface area contributed by atoms with E-state index in [0.717, 1.165) is 15.3 Å². The molecule has 9 heteroatoms. The first-order chi connectivity index (χ1) is 13.9. The van der Waals surface area contributed by atoms with Gasteiger partial charge in [-0.05, 0) is 43.2 Å². The maximum absolute atomic E-state index is 12.5. The number of thioether (sulfide) groups is 1. The quantitative estimate of drug-likeness (QED) is 0.524. The minimum Gasteiger partial charge on any atom is -0.462 e. The summed E-state index contributed by atoms with van der Waals surface area (Å²) in [6, 6.07) is 7.25. The first kappa shape index (κ1) is 21.7. The molecule has 29 heavy (non-hydrogen) atoms. The smallest absolute Gasteiger partial charge is 0.341 e. The van der Waals surface area contributed by atoms with Crippen LogP contribution >= 0.6 is 34.7 Å². The normalized spacial score (nSPS) is 13.0. The third-order valence-electron chi connectivity index (χ3n) is 4.42. The van der Waals surface area contributed by atoms with Crippen LogP contribution in [0.5, 0.6) is 0 Å². The van der Waals surface area contributed by atoms with Gasteiger partial charge in [0.05, 0.1) is 24.5 Å². The molecule has 0 radical (unpaired) electrons. The highest BCUT2D eigenvalue weighted by atomic mass is 35.5. The highest BCUT2D eigenvalue weighted by Crippen LogP contribution is 2.38. The molecule has 1 aliphatic rings. The van der Waals surface area contributed by atoms with Gasteiger partial charge < -0.3 is 15.0 Å². The number of benzene rings is 1. The number of carbonyl (C=O) groups excluding carboxylic acids is 3. The summed E-state index contributed by atoms with van der Waals surface area (Å²) in [5, 5.41) is 3.99. The van der Waals surface area contributed by atoms with E-state index in [1.54, 1.807) is 24.0 Å². The largest absolute Gasteiger partial charge is 0.462 e. The van der Waals surface area contributed by atoms with Crippen LogP contribution in [0.3, 0.4) is 0 Å². The van der Waals surface area contributed by atoms with Gasteiger partial charge in [-0.25, -0.2) is 4.79 Å². The molecule has 6 nitrogen and oxygen atoms in total. The lowest BCUT2D eigenvalue weighted by Gasteiger charge is -2.25. The number of anilines is 1. The highest BCUT2D eigenvalue weighted by molar-refractivity contribution is 8.00. The fourth-order valence-electron chi connectivity index (χ4n) is 3.02. The molecule has 2 heterocycles. The molecule has 1 aromatic carbocycles. The molecule has 0 atom stereocenters. The summed E-state index contributed by atoms with van der Waals surface area (Å²) in [6.45, 7) is 4.52. The van der Waals surface area contributed by atoms with Gasteiger partial charge in [0.15, 0.2) is 0 Å². The van der Waals surface area contributed by atoms with E-state index in [4.69, 9.17) is 16.3 Å². The van der Waals surface area contributed by atoms with Crippen molar-refractivity contribution in [2.75, 3.05) is 24.2 Å². The Labute approximate surface area is 182 Å². The van der Waals surface area contributed by atoms with E-state index < -0.39 is 5.97 Å². The predicted octanol–water partition coefficient (Wildman–Crippen LogP) is 4.21. The zero-order valence-electron chi connectivity index (χ0n) is 16.1. The second kappa shape index (κ2) is 9.65. The Morgan fingerprint density at radius 1 is 1.28 bits per heavy atom. The average Bonchev–Trinajstić information content (AvgIpc) is 3.04. The number of fused-ring (bicyclic) bond motifs is 1. The fraction of sp³-hybridized carbons (Fsp3) is 0.350. The fourth-order valence-corrected chi connectivity index (χ4v) is 5.11. The number of hydrogen-bond acceptors (Lipinski definition) is 6. The molecule has 0 unspecified atom stereocenters. The van der Waals surface area contributed by atoms with Crippen LogP contribution in [0, 0.1) is 0 Å². The van der Waals surface area contributed by atoms with E-state index in [1.165, 1.54) is 30.0 Å². The summed E-state index contributed by atoms with van der Waals surface area (Å²) >= 11 is 8.60. The predicted molar refractivity (Wildman–Crippen MR) is 116 cm³/mol. The van der Waals surface area contributed by atoms with Gasteiger partial charge in [0.25, 0.3) is 0 Å². The van der Waals surface area contributed by atoms with Gasteiger partial charge in [-0.15, -0.1) is 23.1 Å². The molecule has 0 fully saturated rings. The van der Waals surface area contributed by atoms with Crippen molar-refractivity contribution in [3.8, 4) is 0 Å². The van der Waals surface area contributed by atoms with Gasteiger partial charge in [0.1, 0.15) is 5.00 Å². The Morgan fingerprint density at radius 3 is 2.66 bits per heavy atom. The summed E-state index contributed by atoms with van der Waals surface area (Å²) in [7, 11) is 0. The van der Waals surface area contributed by atoms with Crippen LogP contribution in [-0.2, 0) is 27.3 Å². The minimum atomic E-state index is -0.443. The van der Waals surface area contributed by atoms with Crippen LogP contribution in [0.1, 0.15) is 34.6 Å². The molecule has 1 aliphatic heterocycles. The number of rotatable bonds is 6. The number of nitrogens with zero attached hydrogens (tertiary/aromatic N) is 1. The summed E-state index contributed by atoms with van der Waals surface area (Å²) in [5.41, 5.74) is 1.28. The van der Waals surface area contributed by atoms with E-state index >= 15 is 0 Å². The Balaban J connectivity index is 1.76. The first-order valence-corrected chi connectivity index (χ1v) is 11.3. The van der Waals surface area contributed by atoms with E-state index in [2.05, 4.69) is 5.32 Å². The number of halogens is 1. The highest BCUT2D eigenvalue weighted by Gasteiger charge is 2.30. The molecule has 154 valence electrons. The van der Waals surface area contributed by atoms with E-state index in [0.29, 0.717) is 35.1 Å². The summed E-state index contributed by atoms with van der Waals surface area (Å²) in [4.78, 5) is 40.3. The van der Waals surface area contributed by atoms with Crippen molar-refractivity contribution in [2.24, 2.45) is 0 Å². The summed E-state index contributed by atoms with van der Waals surface area (Å²) in [5.74, 6) is -0.461. The van der Waals surface area contributed by atoms with Gasteiger partial charge in [-0.3, -0.25) is 9.59 Å². The third kappa shape index (κ3) is 5.32. The molecule has 0 saturated heterocycles. The zero-order valence-corrected chi connectivity index (χ0v) is 18.5. The van der Waals surface area contributed by atoms with Crippen molar-refractivity contribution in [3.05, 3.63) is 45.3 Å². The maximum atomic E-state index is 12.5. The second-order valence-electron chi connectivity index (χ2n) is 6.41. The lowest BCUT2D eigenvalue weighted by atomic mass is 10.0. The van der Waals surface area contributed by atoms with Crippen molar-refractivity contribution in [2.45, 2.75) is 31.7 Å². The van der Waals surface area contributed by atoms with Gasteiger partial charge in [0, 0.05) is 28.3 Å². The topological polar surface area (TPSA) is 75.7 Å². The Morgan fingerprint density at radius 2 is 2.00 bits per heavy atom.